The predicted octanol–water partition coefficient (Wildman–Crippen LogP) is 2.99. The van der Waals surface area contributed by atoms with Crippen LogP contribution in [0.5, 0.6) is 0 Å². The minimum absolute atomic E-state index is 0.227. The predicted molar refractivity (Wildman–Crippen MR) is 68.4 cm³/mol. The van der Waals surface area contributed by atoms with E-state index >= 15 is 0 Å². The highest BCUT2D eigenvalue weighted by Crippen LogP contribution is 2.20. The van der Waals surface area contributed by atoms with Gasteiger partial charge < -0.3 is 10.2 Å². The van der Waals surface area contributed by atoms with Gasteiger partial charge >= 0.3 is 11.9 Å². The van der Waals surface area contributed by atoms with Crippen LogP contribution in [-0.4, -0.2) is 22.2 Å². The number of hydrogen-bond donors (Lipinski definition) is 2. The molecule has 0 unspecified atom stereocenters. The van der Waals surface area contributed by atoms with Gasteiger partial charge in [-0.05, 0) is 36.1 Å². The fraction of sp³-hybridized carbons (Fsp3) is 0.429. The van der Waals surface area contributed by atoms with E-state index in [9.17, 15) is 9.59 Å². The van der Waals surface area contributed by atoms with Crippen LogP contribution in [0.3, 0.4) is 0 Å². The highest BCUT2D eigenvalue weighted by Gasteiger charge is 2.17. The van der Waals surface area contributed by atoms with Gasteiger partial charge in [-0.15, -0.1) is 0 Å². The Morgan fingerprint density at radius 3 is 1.44 bits per heavy atom. The van der Waals surface area contributed by atoms with Crippen LogP contribution in [0.2, 0.25) is 0 Å². The highest BCUT2D eigenvalue weighted by molar-refractivity contribution is 5.94. The first-order valence-corrected chi connectivity index (χ1v) is 6.13. The number of carboxylic acid groups (broad SMARTS) is 2. The van der Waals surface area contributed by atoms with Crippen LogP contribution in [0.4, 0.5) is 0 Å². The van der Waals surface area contributed by atoms with Crippen molar-refractivity contribution in [3.8, 4) is 0 Å². The number of rotatable bonds is 6. The van der Waals surface area contributed by atoms with Crippen molar-refractivity contribution in [3.63, 3.8) is 0 Å². The molecule has 0 saturated carbocycles. The van der Waals surface area contributed by atoms with Crippen molar-refractivity contribution in [2.24, 2.45) is 0 Å². The maximum absolute atomic E-state index is 11.2. The molecule has 98 valence electrons. The van der Waals surface area contributed by atoms with Gasteiger partial charge in [0.2, 0.25) is 0 Å². The second kappa shape index (κ2) is 6.19. The molecule has 0 saturated heterocycles. The third-order valence-electron chi connectivity index (χ3n) is 2.83. The van der Waals surface area contributed by atoms with E-state index < -0.39 is 11.9 Å². The quantitative estimate of drug-likeness (QED) is 0.813. The molecule has 0 aromatic heterocycles. The summed E-state index contributed by atoms with van der Waals surface area (Å²) in [6.07, 6.45) is 2.72. The summed E-state index contributed by atoms with van der Waals surface area (Å²) in [5.41, 5.74) is 1.65. The standard InChI is InChI=1S/C14H18O4/c1-3-5-9-7-12(14(17)18)10(6-4-2)8-11(9)13(15)16/h7-8H,3-6H2,1-2H3,(H,15,16)(H,17,18). The summed E-state index contributed by atoms with van der Waals surface area (Å²) < 4.78 is 0. The molecular formula is C14H18O4. The van der Waals surface area contributed by atoms with Gasteiger partial charge in [0.15, 0.2) is 0 Å². The van der Waals surface area contributed by atoms with Gasteiger partial charge in [0.05, 0.1) is 11.1 Å². The molecule has 0 heterocycles. The first-order chi connectivity index (χ1) is 8.51. The van der Waals surface area contributed by atoms with Gasteiger partial charge in [-0.2, -0.15) is 0 Å². The lowest BCUT2D eigenvalue weighted by Crippen LogP contribution is -2.10. The second-order valence-corrected chi connectivity index (χ2v) is 4.28. The van der Waals surface area contributed by atoms with Crippen molar-refractivity contribution in [2.45, 2.75) is 39.5 Å². The third-order valence-corrected chi connectivity index (χ3v) is 2.83. The number of carbonyl (C=O) groups is 2. The molecule has 4 nitrogen and oxygen atoms in total. The van der Waals surface area contributed by atoms with Crippen molar-refractivity contribution >= 4 is 11.9 Å². The van der Waals surface area contributed by atoms with E-state index in [0.29, 0.717) is 24.0 Å². The lowest BCUT2D eigenvalue weighted by atomic mass is 9.93. The molecule has 1 rings (SSSR count). The van der Waals surface area contributed by atoms with E-state index in [1.165, 1.54) is 12.1 Å². The molecule has 0 atom stereocenters. The first-order valence-electron chi connectivity index (χ1n) is 6.13. The molecular weight excluding hydrogens is 232 g/mol. The average molecular weight is 250 g/mol. The summed E-state index contributed by atoms with van der Waals surface area (Å²) in [5.74, 6) is -1.99. The van der Waals surface area contributed by atoms with E-state index in [0.717, 1.165) is 12.8 Å². The molecule has 0 spiro atoms. The van der Waals surface area contributed by atoms with Crippen LogP contribution < -0.4 is 0 Å². The normalized spacial score (nSPS) is 10.3. The molecule has 0 fully saturated rings. The van der Waals surface area contributed by atoms with Crippen molar-refractivity contribution < 1.29 is 19.8 Å². The van der Waals surface area contributed by atoms with Crippen LogP contribution in [0.25, 0.3) is 0 Å². The van der Waals surface area contributed by atoms with E-state index in [1.807, 2.05) is 13.8 Å². The van der Waals surface area contributed by atoms with E-state index in [2.05, 4.69) is 0 Å². The number of aryl methyl sites for hydroxylation is 2. The maximum Gasteiger partial charge on any atom is 0.335 e. The Morgan fingerprint density at radius 1 is 0.889 bits per heavy atom. The van der Waals surface area contributed by atoms with E-state index in [4.69, 9.17) is 10.2 Å². The van der Waals surface area contributed by atoms with Crippen molar-refractivity contribution in [2.75, 3.05) is 0 Å². The third kappa shape index (κ3) is 3.09. The van der Waals surface area contributed by atoms with Crippen molar-refractivity contribution in [3.05, 3.63) is 34.4 Å². The molecule has 0 aliphatic rings. The molecule has 2 N–H and O–H groups in total. The molecule has 0 bridgehead atoms. The summed E-state index contributed by atoms with van der Waals surface area (Å²) in [6.45, 7) is 3.87. The summed E-state index contributed by atoms with van der Waals surface area (Å²) in [6, 6.07) is 3.03. The van der Waals surface area contributed by atoms with E-state index in [1.54, 1.807) is 0 Å². The molecule has 1 aromatic rings. The molecule has 0 aliphatic heterocycles. The van der Waals surface area contributed by atoms with Crippen LogP contribution >= 0.6 is 0 Å². The highest BCUT2D eigenvalue weighted by atomic mass is 16.4. The van der Waals surface area contributed by atoms with Gasteiger partial charge in [0, 0.05) is 0 Å². The maximum atomic E-state index is 11.2. The lowest BCUT2D eigenvalue weighted by Gasteiger charge is -2.11. The summed E-state index contributed by atoms with van der Waals surface area (Å²) in [7, 11) is 0. The van der Waals surface area contributed by atoms with Crippen LogP contribution in [-0.2, 0) is 12.8 Å². The summed E-state index contributed by atoms with van der Waals surface area (Å²) >= 11 is 0. The van der Waals surface area contributed by atoms with Crippen molar-refractivity contribution in [1.29, 1.82) is 0 Å². The largest absolute Gasteiger partial charge is 0.478 e. The second-order valence-electron chi connectivity index (χ2n) is 4.28. The Kier molecular flexibility index (Phi) is 4.89. The first kappa shape index (κ1) is 14.2. The Morgan fingerprint density at radius 2 is 1.22 bits per heavy atom. The van der Waals surface area contributed by atoms with Crippen LogP contribution in [0, 0.1) is 0 Å². The van der Waals surface area contributed by atoms with Crippen LogP contribution in [0.1, 0.15) is 58.5 Å². The zero-order valence-electron chi connectivity index (χ0n) is 10.7. The minimum Gasteiger partial charge on any atom is -0.478 e. The van der Waals surface area contributed by atoms with Gasteiger partial charge in [-0.1, -0.05) is 26.7 Å². The number of hydrogen-bond acceptors (Lipinski definition) is 2. The van der Waals surface area contributed by atoms with Crippen molar-refractivity contribution in [1.82, 2.24) is 0 Å². The molecule has 1 aromatic carbocycles. The number of benzene rings is 1. The summed E-state index contributed by atoms with van der Waals surface area (Å²) in [4.78, 5) is 22.4. The fourth-order valence-corrected chi connectivity index (χ4v) is 2.04. The smallest absolute Gasteiger partial charge is 0.335 e. The van der Waals surface area contributed by atoms with Gasteiger partial charge in [0.1, 0.15) is 0 Å². The Bertz CT molecular complexity index is 419. The molecule has 0 amide bonds. The lowest BCUT2D eigenvalue weighted by molar-refractivity contribution is 0.0679. The average Bonchev–Trinajstić information content (AvgIpc) is 2.30. The Labute approximate surface area is 106 Å². The molecule has 4 heteroatoms. The van der Waals surface area contributed by atoms with Gasteiger partial charge in [-0.25, -0.2) is 9.59 Å². The molecule has 0 aliphatic carbocycles. The van der Waals surface area contributed by atoms with Gasteiger partial charge in [-0.3, -0.25) is 0 Å². The number of aromatic carboxylic acids is 2. The topological polar surface area (TPSA) is 74.6 Å². The Balaban J connectivity index is 3.39. The van der Waals surface area contributed by atoms with Crippen LogP contribution in [0.15, 0.2) is 12.1 Å². The van der Waals surface area contributed by atoms with Gasteiger partial charge in [0.25, 0.3) is 0 Å². The summed E-state index contributed by atoms with van der Waals surface area (Å²) in [5, 5.41) is 18.3. The number of carboxylic acids is 2. The zero-order valence-corrected chi connectivity index (χ0v) is 10.7. The Hall–Kier alpha value is -1.84. The van der Waals surface area contributed by atoms with E-state index in [-0.39, 0.29) is 11.1 Å². The SMILES string of the molecule is CCCc1cc(C(=O)O)c(CCC)cc1C(=O)O. The molecule has 0 radical (unpaired) electrons. The zero-order chi connectivity index (χ0) is 13.7. The minimum atomic E-state index is -0.993. The fourth-order valence-electron chi connectivity index (χ4n) is 2.04. The molecule has 18 heavy (non-hydrogen) atoms. The monoisotopic (exact) mass is 250 g/mol.